The van der Waals surface area contributed by atoms with Gasteiger partial charge in [-0.05, 0) is 42.9 Å². The number of hydrogen-bond acceptors (Lipinski definition) is 3. The zero-order valence-electron chi connectivity index (χ0n) is 19.5. The number of benzene rings is 3. The van der Waals surface area contributed by atoms with Gasteiger partial charge in [-0.2, -0.15) is 0 Å². The molecule has 180 valence electrons. The third-order valence-corrected chi connectivity index (χ3v) is 5.29. The summed E-state index contributed by atoms with van der Waals surface area (Å²) in [5.74, 6) is -2.68. The van der Waals surface area contributed by atoms with E-state index in [1.165, 1.54) is 42.5 Å². The Hall–Kier alpha value is -2.96. The molecular formula is C27H27ClF3NO2. The van der Waals surface area contributed by atoms with E-state index in [9.17, 15) is 22.8 Å². The summed E-state index contributed by atoms with van der Waals surface area (Å²) in [5, 5.41) is 0. The van der Waals surface area contributed by atoms with E-state index in [4.69, 9.17) is 0 Å². The summed E-state index contributed by atoms with van der Waals surface area (Å²) in [6.07, 6.45) is 0. The Morgan fingerprint density at radius 1 is 0.794 bits per heavy atom. The first kappa shape index (κ1) is 27.3. The average Bonchev–Trinajstić information content (AvgIpc) is 2.74. The molecule has 3 aromatic carbocycles. The van der Waals surface area contributed by atoms with Crippen molar-refractivity contribution in [2.75, 3.05) is 7.05 Å². The van der Waals surface area contributed by atoms with Gasteiger partial charge in [0.15, 0.2) is 11.6 Å². The minimum atomic E-state index is -0.684. The van der Waals surface area contributed by atoms with E-state index in [0.29, 0.717) is 17.7 Å². The van der Waals surface area contributed by atoms with Crippen molar-refractivity contribution in [3.8, 4) is 0 Å². The average molecular weight is 490 g/mol. The van der Waals surface area contributed by atoms with Gasteiger partial charge in [-0.25, -0.2) is 13.2 Å². The van der Waals surface area contributed by atoms with Crippen LogP contribution in [0.4, 0.5) is 13.2 Å². The zero-order valence-corrected chi connectivity index (χ0v) is 20.3. The maximum absolute atomic E-state index is 14.7. The molecule has 0 amide bonds. The highest BCUT2D eigenvalue weighted by molar-refractivity contribution is 6.09. The highest BCUT2D eigenvalue weighted by Crippen LogP contribution is 2.24. The maximum atomic E-state index is 14.7. The van der Waals surface area contributed by atoms with E-state index in [-0.39, 0.29) is 41.4 Å². The van der Waals surface area contributed by atoms with Gasteiger partial charge in [0.05, 0.1) is 11.1 Å². The number of Topliss-reactive ketones (excluding diaryl/α,β-unsaturated/α-hetero) is 1. The molecule has 0 N–H and O–H groups in total. The molecule has 0 unspecified atom stereocenters. The van der Waals surface area contributed by atoms with Crippen molar-refractivity contribution in [3.63, 3.8) is 0 Å². The summed E-state index contributed by atoms with van der Waals surface area (Å²) in [5.41, 5.74) is 0.309. The van der Waals surface area contributed by atoms with Crippen molar-refractivity contribution >= 4 is 24.0 Å². The first-order chi connectivity index (χ1) is 15.5. The number of ketones is 2. The van der Waals surface area contributed by atoms with E-state index in [2.05, 4.69) is 0 Å². The predicted octanol–water partition coefficient (Wildman–Crippen LogP) is 6.62. The van der Waals surface area contributed by atoms with Gasteiger partial charge in [-0.3, -0.25) is 14.5 Å². The summed E-state index contributed by atoms with van der Waals surface area (Å²) in [7, 11) is 1.75. The molecule has 0 radical (unpaired) electrons. The van der Waals surface area contributed by atoms with Crippen molar-refractivity contribution in [1.82, 2.24) is 4.90 Å². The lowest BCUT2D eigenvalue weighted by atomic mass is 9.86. The van der Waals surface area contributed by atoms with Crippen molar-refractivity contribution in [1.29, 1.82) is 0 Å². The van der Waals surface area contributed by atoms with Gasteiger partial charge in [0.1, 0.15) is 17.5 Å². The monoisotopic (exact) mass is 489 g/mol. The van der Waals surface area contributed by atoms with Gasteiger partial charge < -0.3 is 0 Å². The summed E-state index contributed by atoms with van der Waals surface area (Å²) >= 11 is 0. The zero-order chi connectivity index (χ0) is 24.3. The van der Waals surface area contributed by atoms with Crippen LogP contribution < -0.4 is 0 Å². The van der Waals surface area contributed by atoms with Crippen LogP contribution >= 0.6 is 12.4 Å². The fourth-order valence-electron chi connectivity index (χ4n) is 3.52. The van der Waals surface area contributed by atoms with Crippen LogP contribution in [0.3, 0.4) is 0 Å². The quantitative estimate of drug-likeness (QED) is 0.350. The van der Waals surface area contributed by atoms with Crippen LogP contribution in [0, 0.1) is 22.9 Å². The Balaban J connectivity index is 0.00000408. The number of hydrogen-bond donors (Lipinski definition) is 0. The van der Waals surface area contributed by atoms with Crippen molar-refractivity contribution in [2.45, 2.75) is 33.9 Å². The van der Waals surface area contributed by atoms with Crippen molar-refractivity contribution in [3.05, 3.63) is 106 Å². The molecule has 0 aromatic heterocycles. The Morgan fingerprint density at radius 2 is 1.47 bits per heavy atom. The summed E-state index contributed by atoms with van der Waals surface area (Å²) in [6, 6.07) is 14.1. The van der Waals surface area contributed by atoms with E-state index in [1.807, 2.05) is 0 Å². The standard InChI is InChI=1S/C27H26F3NO2.ClH/c1-27(2,3)26(33)21-12-9-17(13-24(21)30)15-31(4)16-19-11-10-18(14-23(19)29)25(32)20-7-5-6-8-22(20)28;/h5-14H,15-16H2,1-4H3;1H. The van der Waals surface area contributed by atoms with Crippen LogP contribution in [-0.4, -0.2) is 23.5 Å². The third-order valence-electron chi connectivity index (χ3n) is 5.29. The molecule has 0 aliphatic carbocycles. The second-order valence-corrected chi connectivity index (χ2v) is 9.18. The molecule has 34 heavy (non-hydrogen) atoms. The number of halogens is 4. The highest BCUT2D eigenvalue weighted by atomic mass is 35.5. The van der Waals surface area contributed by atoms with Crippen LogP contribution in [-0.2, 0) is 13.1 Å². The molecule has 0 aliphatic heterocycles. The van der Waals surface area contributed by atoms with Gasteiger partial charge in [-0.1, -0.05) is 51.1 Å². The fourth-order valence-corrected chi connectivity index (χ4v) is 3.52. The Morgan fingerprint density at radius 3 is 2.06 bits per heavy atom. The van der Waals surface area contributed by atoms with E-state index >= 15 is 0 Å². The molecule has 0 fully saturated rings. The molecular weight excluding hydrogens is 463 g/mol. The lowest BCUT2D eigenvalue weighted by Gasteiger charge is -2.19. The summed E-state index contributed by atoms with van der Waals surface area (Å²) in [4.78, 5) is 26.6. The first-order valence-electron chi connectivity index (χ1n) is 10.6. The summed E-state index contributed by atoms with van der Waals surface area (Å²) < 4.78 is 43.0. The van der Waals surface area contributed by atoms with Gasteiger partial charge in [0.25, 0.3) is 0 Å². The number of nitrogens with zero attached hydrogens (tertiary/aromatic N) is 1. The molecule has 3 aromatic rings. The largest absolute Gasteiger partial charge is 0.298 e. The van der Waals surface area contributed by atoms with Crippen LogP contribution in [0.2, 0.25) is 0 Å². The van der Waals surface area contributed by atoms with E-state index in [0.717, 1.165) is 6.07 Å². The van der Waals surface area contributed by atoms with Gasteiger partial charge in [-0.15, -0.1) is 12.4 Å². The molecule has 7 heteroatoms. The van der Waals surface area contributed by atoms with E-state index < -0.39 is 28.6 Å². The predicted molar refractivity (Wildman–Crippen MR) is 129 cm³/mol. The third kappa shape index (κ3) is 6.33. The lowest BCUT2D eigenvalue weighted by molar-refractivity contribution is 0.0853. The van der Waals surface area contributed by atoms with Gasteiger partial charge in [0.2, 0.25) is 0 Å². The molecule has 0 spiro atoms. The number of rotatable bonds is 7. The molecule has 3 nitrogen and oxygen atoms in total. The second-order valence-electron chi connectivity index (χ2n) is 9.18. The molecule has 0 bridgehead atoms. The minimum absolute atomic E-state index is 0. The lowest BCUT2D eigenvalue weighted by Crippen LogP contribution is -2.22. The summed E-state index contributed by atoms with van der Waals surface area (Å²) in [6.45, 7) is 5.75. The van der Waals surface area contributed by atoms with Crippen LogP contribution in [0.5, 0.6) is 0 Å². The highest BCUT2D eigenvalue weighted by Gasteiger charge is 2.25. The normalized spacial score (nSPS) is 11.3. The fraction of sp³-hybridized carbons (Fsp3) is 0.259. The second kappa shape index (κ2) is 11.0. The molecule has 0 saturated carbocycles. The van der Waals surface area contributed by atoms with Gasteiger partial charge >= 0.3 is 0 Å². The van der Waals surface area contributed by atoms with Crippen molar-refractivity contribution < 1.29 is 22.8 Å². The molecule has 0 saturated heterocycles. The van der Waals surface area contributed by atoms with E-state index in [1.54, 1.807) is 44.9 Å². The Bertz CT molecular complexity index is 1200. The first-order valence-corrected chi connectivity index (χ1v) is 10.6. The number of carbonyl (C=O) groups excluding carboxylic acids is 2. The Labute approximate surface area is 204 Å². The van der Waals surface area contributed by atoms with Crippen LogP contribution in [0.15, 0.2) is 60.7 Å². The molecule has 3 rings (SSSR count). The molecule has 0 heterocycles. The maximum Gasteiger partial charge on any atom is 0.196 e. The van der Waals surface area contributed by atoms with Crippen molar-refractivity contribution in [2.24, 2.45) is 5.41 Å². The smallest absolute Gasteiger partial charge is 0.196 e. The van der Waals surface area contributed by atoms with Crippen LogP contribution in [0.25, 0.3) is 0 Å². The Kier molecular flexibility index (Phi) is 8.81. The topological polar surface area (TPSA) is 37.4 Å². The minimum Gasteiger partial charge on any atom is -0.298 e. The van der Waals surface area contributed by atoms with Crippen LogP contribution in [0.1, 0.15) is 58.2 Å². The molecule has 0 atom stereocenters. The molecule has 0 aliphatic rings. The SMILES string of the molecule is CN(Cc1ccc(C(=O)C(C)(C)C)c(F)c1)Cc1ccc(C(=O)c2ccccc2F)cc1F.Cl. The van der Waals surface area contributed by atoms with Gasteiger partial charge in [0, 0.05) is 29.6 Å². The number of carbonyl (C=O) groups is 2.